The van der Waals surface area contributed by atoms with E-state index in [1.54, 1.807) is 11.0 Å². The standard InChI is InChI=1S/C18H23ClN4O2/c1-14(21-10-2-9-20)25-17-7-11-23(12-8-17)18(24)22-13-15-3-5-16(19)6-4-15/h2-6,9-10,17H,1,7-8,11-13,20H2,(H,22,24)/b9-2-,21-10-. The van der Waals surface area contributed by atoms with Crippen LogP contribution in [-0.2, 0) is 11.3 Å². The minimum absolute atomic E-state index is 0.0202. The molecule has 0 bridgehead atoms. The number of ether oxygens (including phenoxy) is 1. The molecule has 0 atom stereocenters. The van der Waals surface area contributed by atoms with Crippen molar-refractivity contribution in [3.8, 4) is 0 Å². The number of rotatable bonds is 6. The van der Waals surface area contributed by atoms with Gasteiger partial charge in [-0.3, -0.25) is 0 Å². The number of halogens is 1. The highest BCUT2D eigenvalue weighted by Crippen LogP contribution is 2.17. The Balaban J connectivity index is 1.71. The van der Waals surface area contributed by atoms with E-state index in [9.17, 15) is 4.79 Å². The van der Waals surface area contributed by atoms with Crippen molar-refractivity contribution in [1.82, 2.24) is 10.2 Å². The zero-order valence-electron chi connectivity index (χ0n) is 14.0. The second kappa shape index (κ2) is 9.74. The van der Waals surface area contributed by atoms with Gasteiger partial charge in [0.2, 0.25) is 5.88 Å². The van der Waals surface area contributed by atoms with Gasteiger partial charge in [0, 0.05) is 43.7 Å². The Labute approximate surface area is 153 Å². The molecule has 0 unspecified atom stereocenters. The maximum Gasteiger partial charge on any atom is 0.317 e. The Kier molecular flexibility index (Phi) is 7.35. The Hall–Kier alpha value is -2.47. The number of hydrogen-bond acceptors (Lipinski definition) is 4. The third-order valence-corrected chi connectivity index (χ3v) is 4.06. The summed E-state index contributed by atoms with van der Waals surface area (Å²) in [6.45, 7) is 5.50. The van der Waals surface area contributed by atoms with E-state index in [4.69, 9.17) is 22.1 Å². The summed E-state index contributed by atoms with van der Waals surface area (Å²) in [5.74, 6) is 0.351. The fourth-order valence-corrected chi connectivity index (χ4v) is 2.59. The van der Waals surface area contributed by atoms with Gasteiger partial charge < -0.3 is 20.7 Å². The van der Waals surface area contributed by atoms with E-state index in [-0.39, 0.29) is 12.1 Å². The van der Waals surface area contributed by atoms with E-state index in [0.29, 0.717) is 30.5 Å². The van der Waals surface area contributed by atoms with Crippen molar-refractivity contribution < 1.29 is 9.53 Å². The molecule has 7 heteroatoms. The van der Waals surface area contributed by atoms with E-state index < -0.39 is 0 Å². The van der Waals surface area contributed by atoms with Crippen molar-refractivity contribution in [1.29, 1.82) is 0 Å². The third-order valence-electron chi connectivity index (χ3n) is 3.80. The number of carbonyl (C=O) groups is 1. The van der Waals surface area contributed by atoms with Crippen LogP contribution in [-0.4, -0.2) is 36.3 Å². The Morgan fingerprint density at radius 1 is 1.40 bits per heavy atom. The molecule has 0 spiro atoms. The van der Waals surface area contributed by atoms with Crippen LogP contribution < -0.4 is 11.1 Å². The zero-order valence-corrected chi connectivity index (χ0v) is 14.8. The average molecular weight is 363 g/mol. The quantitative estimate of drug-likeness (QED) is 0.603. The van der Waals surface area contributed by atoms with Crippen LogP contribution in [0.1, 0.15) is 18.4 Å². The number of benzene rings is 1. The molecule has 1 heterocycles. The summed E-state index contributed by atoms with van der Waals surface area (Å²) >= 11 is 5.85. The fourth-order valence-electron chi connectivity index (χ4n) is 2.47. The van der Waals surface area contributed by atoms with Gasteiger partial charge in [0.25, 0.3) is 0 Å². The van der Waals surface area contributed by atoms with Gasteiger partial charge in [-0.05, 0) is 36.6 Å². The predicted octanol–water partition coefficient (Wildman–Crippen LogP) is 3.05. The van der Waals surface area contributed by atoms with Crippen molar-refractivity contribution in [2.24, 2.45) is 10.7 Å². The summed E-state index contributed by atoms with van der Waals surface area (Å²) in [6, 6.07) is 7.34. The number of carbonyl (C=O) groups excluding carboxylic acids is 1. The third kappa shape index (κ3) is 6.51. The van der Waals surface area contributed by atoms with Crippen LogP contribution in [0.4, 0.5) is 4.79 Å². The van der Waals surface area contributed by atoms with Crippen LogP contribution in [0.2, 0.25) is 5.02 Å². The first-order valence-corrected chi connectivity index (χ1v) is 8.50. The number of aliphatic imine (C=N–C) groups is 1. The molecule has 1 saturated heterocycles. The van der Waals surface area contributed by atoms with Gasteiger partial charge in [-0.15, -0.1) is 0 Å². The fraction of sp³-hybridized carbons (Fsp3) is 0.333. The van der Waals surface area contributed by atoms with Gasteiger partial charge in [0.1, 0.15) is 6.10 Å². The van der Waals surface area contributed by atoms with Gasteiger partial charge in [0.15, 0.2) is 0 Å². The molecule has 3 N–H and O–H groups in total. The summed E-state index contributed by atoms with van der Waals surface area (Å²) in [7, 11) is 0. The number of allylic oxidation sites excluding steroid dienone is 1. The second-order valence-electron chi connectivity index (χ2n) is 5.65. The van der Waals surface area contributed by atoms with E-state index in [1.165, 1.54) is 12.4 Å². The number of amides is 2. The van der Waals surface area contributed by atoms with Crippen LogP contribution in [0, 0.1) is 0 Å². The van der Waals surface area contributed by atoms with Crippen molar-refractivity contribution in [2.75, 3.05) is 13.1 Å². The van der Waals surface area contributed by atoms with Crippen molar-refractivity contribution in [3.05, 3.63) is 59.6 Å². The van der Waals surface area contributed by atoms with Crippen molar-refractivity contribution in [2.45, 2.75) is 25.5 Å². The second-order valence-corrected chi connectivity index (χ2v) is 6.08. The lowest BCUT2D eigenvalue weighted by Crippen LogP contribution is -2.45. The number of likely N-dealkylation sites (tertiary alicyclic amines) is 1. The first-order chi connectivity index (χ1) is 12.1. The molecule has 2 amide bonds. The van der Waals surface area contributed by atoms with E-state index in [1.807, 2.05) is 24.3 Å². The summed E-state index contributed by atoms with van der Waals surface area (Å²) < 4.78 is 5.67. The normalized spacial score (nSPS) is 15.6. The molecule has 1 aromatic carbocycles. The maximum atomic E-state index is 12.2. The van der Waals surface area contributed by atoms with Gasteiger partial charge in [0.05, 0.1) is 0 Å². The predicted molar refractivity (Wildman–Crippen MR) is 100 cm³/mol. The molecule has 0 saturated carbocycles. The van der Waals surface area contributed by atoms with Crippen molar-refractivity contribution in [3.63, 3.8) is 0 Å². The van der Waals surface area contributed by atoms with E-state index in [0.717, 1.165) is 18.4 Å². The van der Waals surface area contributed by atoms with Gasteiger partial charge in [-0.2, -0.15) is 0 Å². The van der Waals surface area contributed by atoms with Crippen LogP contribution in [0.25, 0.3) is 0 Å². The van der Waals surface area contributed by atoms with Crippen LogP contribution in [0.15, 0.2) is 54.0 Å². The summed E-state index contributed by atoms with van der Waals surface area (Å²) in [6.07, 6.45) is 6.03. The zero-order chi connectivity index (χ0) is 18.1. The molecular formula is C18H23ClN4O2. The number of piperidine rings is 1. The van der Waals surface area contributed by atoms with Gasteiger partial charge in [-0.25, -0.2) is 9.79 Å². The number of hydrogen-bond donors (Lipinski definition) is 2. The summed E-state index contributed by atoms with van der Waals surface area (Å²) in [4.78, 5) is 18.0. The number of nitrogens with zero attached hydrogens (tertiary/aromatic N) is 2. The number of urea groups is 1. The Morgan fingerprint density at radius 2 is 2.08 bits per heavy atom. The first-order valence-electron chi connectivity index (χ1n) is 8.12. The highest BCUT2D eigenvalue weighted by atomic mass is 35.5. The molecule has 0 aliphatic carbocycles. The van der Waals surface area contributed by atoms with Crippen LogP contribution in [0.3, 0.4) is 0 Å². The smallest absolute Gasteiger partial charge is 0.317 e. The van der Waals surface area contributed by atoms with E-state index in [2.05, 4.69) is 16.9 Å². The minimum atomic E-state index is -0.0710. The molecule has 0 aromatic heterocycles. The van der Waals surface area contributed by atoms with Gasteiger partial charge in [-0.1, -0.05) is 23.7 Å². The monoisotopic (exact) mass is 362 g/mol. The highest BCUT2D eigenvalue weighted by molar-refractivity contribution is 6.30. The SMILES string of the molecule is C=C(/N=C\C=C/N)OC1CCN(C(=O)NCc2ccc(Cl)cc2)CC1. The summed E-state index contributed by atoms with van der Waals surface area (Å²) in [5, 5.41) is 3.60. The molecule has 134 valence electrons. The van der Waals surface area contributed by atoms with Crippen LogP contribution >= 0.6 is 11.6 Å². The summed E-state index contributed by atoms with van der Waals surface area (Å²) in [5.41, 5.74) is 6.23. The molecule has 6 nitrogen and oxygen atoms in total. The molecule has 1 aliphatic heterocycles. The first kappa shape index (κ1) is 18.9. The average Bonchev–Trinajstić information content (AvgIpc) is 2.62. The molecule has 1 fully saturated rings. The Morgan fingerprint density at radius 3 is 2.72 bits per heavy atom. The molecule has 2 rings (SSSR count). The molecular weight excluding hydrogens is 340 g/mol. The lowest BCUT2D eigenvalue weighted by atomic mass is 10.1. The maximum absolute atomic E-state index is 12.2. The topological polar surface area (TPSA) is 80.0 Å². The number of nitrogens with two attached hydrogens (primary N) is 1. The largest absolute Gasteiger partial charge is 0.475 e. The minimum Gasteiger partial charge on any atom is -0.475 e. The molecule has 1 aromatic rings. The lowest BCUT2D eigenvalue weighted by Gasteiger charge is -2.32. The van der Waals surface area contributed by atoms with Gasteiger partial charge >= 0.3 is 6.03 Å². The Bertz CT molecular complexity index is 635. The van der Waals surface area contributed by atoms with Crippen molar-refractivity contribution >= 4 is 23.8 Å². The lowest BCUT2D eigenvalue weighted by molar-refractivity contribution is 0.0598. The molecule has 0 radical (unpaired) electrons. The van der Waals surface area contributed by atoms with E-state index >= 15 is 0 Å². The van der Waals surface area contributed by atoms with Crippen LogP contribution in [0.5, 0.6) is 0 Å². The number of nitrogens with one attached hydrogen (secondary N) is 1. The molecule has 25 heavy (non-hydrogen) atoms. The highest BCUT2D eigenvalue weighted by Gasteiger charge is 2.23. The molecule has 1 aliphatic rings.